The van der Waals surface area contributed by atoms with Crippen molar-refractivity contribution >= 4 is 5.82 Å². The molecule has 0 bridgehead atoms. The summed E-state index contributed by atoms with van der Waals surface area (Å²) < 4.78 is 7.33. The molecule has 1 heterocycles. The molecule has 0 unspecified atom stereocenters. The molecule has 2 aromatic rings. The Morgan fingerprint density at radius 3 is 2.50 bits per heavy atom. The highest BCUT2D eigenvalue weighted by atomic mass is 16.5. The topological polar surface area (TPSA) is 53.1 Å². The summed E-state index contributed by atoms with van der Waals surface area (Å²) in [6.45, 7) is 6.29. The van der Waals surface area contributed by atoms with E-state index in [9.17, 15) is 0 Å². The molecule has 0 atom stereocenters. The first-order chi connectivity index (χ1) is 8.43. The van der Waals surface area contributed by atoms with Crippen LogP contribution in [0.1, 0.15) is 20.8 Å². The summed E-state index contributed by atoms with van der Waals surface area (Å²) in [6, 6.07) is 9.75. The SMILES string of the molecule is COc1ccccc1-c1cc(N)nn1C(C)(C)C. The molecular weight excluding hydrogens is 226 g/mol. The van der Waals surface area contributed by atoms with Crippen LogP contribution >= 0.6 is 0 Å². The average molecular weight is 245 g/mol. The van der Waals surface area contributed by atoms with Crippen LogP contribution in [0.5, 0.6) is 5.75 Å². The Hall–Kier alpha value is -1.97. The van der Waals surface area contributed by atoms with Gasteiger partial charge in [0.2, 0.25) is 0 Å². The van der Waals surface area contributed by atoms with Gasteiger partial charge in [0.25, 0.3) is 0 Å². The molecule has 4 heteroatoms. The van der Waals surface area contributed by atoms with Crippen molar-refractivity contribution < 1.29 is 4.74 Å². The smallest absolute Gasteiger partial charge is 0.146 e. The molecule has 2 rings (SSSR count). The van der Waals surface area contributed by atoms with Crippen molar-refractivity contribution in [2.75, 3.05) is 12.8 Å². The Morgan fingerprint density at radius 2 is 1.89 bits per heavy atom. The number of nitrogens with two attached hydrogens (primary N) is 1. The molecule has 0 aliphatic rings. The molecular formula is C14H19N3O. The van der Waals surface area contributed by atoms with Crippen LogP contribution in [0.25, 0.3) is 11.3 Å². The second kappa shape index (κ2) is 4.37. The average Bonchev–Trinajstić information content (AvgIpc) is 2.71. The molecule has 2 N–H and O–H groups in total. The lowest BCUT2D eigenvalue weighted by Gasteiger charge is -2.23. The highest BCUT2D eigenvalue weighted by Gasteiger charge is 2.21. The quantitative estimate of drug-likeness (QED) is 0.885. The zero-order valence-electron chi connectivity index (χ0n) is 11.3. The number of aromatic nitrogens is 2. The number of anilines is 1. The Balaban J connectivity index is 2.64. The molecule has 0 aliphatic carbocycles. The van der Waals surface area contributed by atoms with Gasteiger partial charge in [0.05, 0.1) is 18.3 Å². The summed E-state index contributed by atoms with van der Waals surface area (Å²) in [5.74, 6) is 1.34. The molecule has 4 nitrogen and oxygen atoms in total. The summed E-state index contributed by atoms with van der Waals surface area (Å²) in [4.78, 5) is 0. The van der Waals surface area contributed by atoms with Crippen molar-refractivity contribution in [3.8, 4) is 17.0 Å². The molecule has 0 fully saturated rings. The minimum absolute atomic E-state index is 0.131. The largest absolute Gasteiger partial charge is 0.496 e. The van der Waals surface area contributed by atoms with Crippen LogP contribution in [0.3, 0.4) is 0 Å². The van der Waals surface area contributed by atoms with Crippen LogP contribution in [0.2, 0.25) is 0 Å². The lowest BCUT2D eigenvalue weighted by atomic mass is 10.1. The van der Waals surface area contributed by atoms with E-state index in [1.165, 1.54) is 0 Å². The Labute approximate surface area is 107 Å². The fraction of sp³-hybridized carbons (Fsp3) is 0.357. The predicted molar refractivity (Wildman–Crippen MR) is 73.6 cm³/mol. The lowest BCUT2D eigenvalue weighted by molar-refractivity contribution is 0.359. The number of nitrogen functional groups attached to an aromatic ring is 1. The molecule has 0 amide bonds. The van der Waals surface area contributed by atoms with Crippen molar-refractivity contribution in [3.05, 3.63) is 30.3 Å². The summed E-state index contributed by atoms with van der Waals surface area (Å²) in [5.41, 5.74) is 7.67. The standard InChI is InChI=1S/C14H19N3O/c1-14(2,3)17-11(9-13(15)16-17)10-7-5-6-8-12(10)18-4/h5-9H,1-4H3,(H2,15,16). The lowest BCUT2D eigenvalue weighted by Crippen LogP contribution is -2.24. The summed E-state index contributed by atoms with van der Waals surface area (Å²) in [6.07, 6.45) is 0. The zero-order valence-corrected chi connectivity index (χ0v) is 11.3. The summed E-state index contributed by atoms with van der Waals surface area (Å²) in [5, 5.41) is 4.37. The molecule has 0 spiro atoms. The van der Waals surface area contributed by atoms with Gasteiger partial charge in [0.1, 0.15) is 11.6 Å². The van der Waals surface area contributed by atoms with Gasteiger partial charge in [-0.25, -0.2) is 0 Å². The van der Waals surface area contributed by atoms with Crippen molar-refractivity contribution in [1.82, 2.24) is 9.78 Å². The van der Waals surface area contributed by atoms with E-state index in [1.54, 1.807) is 7.11 Å². The number of methoxy groups -OCH3 is 1. The molecule has 0 saturated heterocycles. The Morgan fingerprint density at radius 1 is 1.22 bits per heavy atom. The van der Waals surface area contributed by atoms with Crippen molar-refractivity contribution in [2.45, 2.75) is 26.3 Å². The Kier molecular flexibility index (Phi) is 3.03. The molecule has 96 valence electrons. The van der Waals surface area contributed by atoms with E-state index in [4.69, 9.17) is 10.5 Å². The highest BCUT2D eigenvalue weighted by Crippen LogP contribution is 2.33. The first-order valence-electron chi connectivity index (χ1n) is 5.93. The van der Waals surface area contributed by atoms with E-state index in [1.807, 2.05) is 35.0 Å². The van der Waals surface area contributed by atoms with Crippen LogP contribution in [0.15, 0.2) is 30.3 Å². The normalized spacial score (nSPS) is 11.6. The first kappa shape index (κ1) is 12.5. The van der Waals surface area contributed by atoms with E-state index in [2.05, 4.69) is 25.9 Å². The third-order valence-electron chi connectivity index (χ3n) is 2.75. The van der Waals surface area contributed by atoms with E-state index < -0.39 is 0 Å². The van der Waals surface area contributed by atoms with Gasteiger partial charge in [-0.3, -0.25) is 4.68 Å². The van der Waals surface area contributed by atoms with E-state index >= 15 is 0 Å². The van der Waals surface area contributed by atoms with Gasteiger partial charge in [-0.1, -0.05) is 12.1 Å². The second-order valence-electron chi connectivity index (χ2n) is 5.24. The number of ether oxygens (including phenoxy) is 1. The second-order valence-corrected chi connectivity index (χ2v) is 5.24. The first-order valence-corrected chi connectivity index (χ1v) is 5.93. The molecule has 1 aromatic heterocycles. The fourth-order valence-electron chi connectivity index (χ4n) is 1.96. The number of hydrogen-bond acceptors (Lipinski definition) is 3. The molecule has 0 radical (unpaired) electrons. The third kappa shape index (κ3) is 2.18. The van der Waals surface area contributed by atoms with Crippen LogP contribution in [0.4, 0.5) is 5.82 Å². The van der Waals surface area contributed by atoms with Gasteiger partial charge in [0, 0.05) is 11.6 Å². The molecule has 0 aliphatic heterocycles. The monoisotopic (exact) mass is 245 g/mol. The predicted octanol–water partition coefficient (Wildman–Crippen LogP) is 2.90. The van der Waals surface area contributed by atoms with Crippen molar-refractivity contribution in [3.63, 3.8) is 0 Å². The number of rotatable bonds is 2. The maximum Gasteiger partial charge on any atom is 0.146 e. The number of hydrogen-bond donors (Lipinski definition) is 1. The van der Waals surface area contributed by atoms with Gasteiger partial charge < -0.3 is 10.5 Å². The minimum atomic E-state index is -0.131. The number of para-hydroxylation sites is 1. The Bertz CT molecular complexity index is 552. The highest BCUT2D eigenvalue weighted by molar-refractivity contribution is 5.69. The van der Waals surface area contributed by atoms with Crippen LogP contribution in [-0.2, 0) is 5.54 Å². The van der Waals surface area contributed by atoms with Gasteiger partial charge in [-0.05, 0) is 32.9 Å². The van der Waals surface area contributed by atoms with Gasteiger partial charge in [-0.2, -0.15) is 5.10 Å². The number of benzene rings is 1. The van der Waals surface area contributed by atoms with Crippen molar-refractivity contribution in [1.29, 1.82) is 0 Å². The van der Waals surface area contributed by atoms with Crippen LogP contribution < -0.4 is 10.5 Å². The van der Waals surface area contributed by atoms with E-state index in [-0.39, 0.29) is 5.54 Å². The molecule has 0 saturated carbocycles. The van der Waals surface area contributed by atoms with Crippen LogP contribution in [-0.4, -0.2) is 16.9 Å². The molecule has 1 aromatic carbocycles. The minimum Gasteiger partial charge on any atom is -0.496 e. The molecule has 18 heavy (non-hydrogen) atoms. The third-order valence-corrected chi connectivity index (χ3v) is 2.75. The van der Waals surface area contributed by atoms with Gasteiger partial charge in [-0.15, -0.1) is 0 Å². The van der Waals surface area contributed by atoms with E-state index in [0.29, 0.717) is 5.82 Å². The maximum absolute atomic E-state index is 5.83. The summed E-state index contributed by atoms with van der Waals surface area (Å²) in [7, 11) is 1.67. The van der Waals surface area contributed by atoms with Crippen molar-refractivity contribution in [2.24, 2.45) is 0 Å². The van der Waals surface area contributed by atoms with E-state index in [0.717, 1.165) is 17.0 Å². The number of nitrogens with zero attached hydrogens (tertiary/aromatic N) is 2. The summed E-state index contributed by atoms with van der Waals surface area (Å²) >= 11 is 0. The van der Waals surface area contributed by atoms with Crippen LogP contribution in [0, 0.1) is 0 Å². The van der Waals surface area contributed by atoms with Gasteiger partial charge in [0.15, 0.2) is 0 Å². The maximum atomic E-state index is 5.83. The van der Waals surface area contributed by atoms with Gasteiger partial charge >= 0.3 is 0 Å². The zero-order chi connectivity index (χ0) is 13.3. The fourth-order valence-corrected chi connectivity index (χ4v) is 1.96.